The number of phenols is 1. The summed E-state index contributed by atoms with van der Waals surface area (Å²) in [7, 11) is 0. The highest BCUT2D eigenvalue weighted by molar-refractivity contribution is 6.14. The van der Waals surface area contributed by atoms with Gasteiger partial charge in [0.2, 0.25) is 5.78 Å². The summed E-state index contributed by atoms with van der Waals surface area (Å²) in [6, 6.07) is 9.07. The van der Waals surface area contributed by atoms with E-state index in [1.807, 2.05) is 0 Å². The summed E-state index contributed by atoms with van der Waals surface area (Å²) < 4.78 is 19.1. The molecule has 0 spiro atoms. The molecule has 3 rings (SSSR count). The van der Waals surface area contributed by atoms with Gasteiger partial charge in [0, 0.05) is 0 Å². The fraction of sp³-hybridized carbons (Fsp3) is 0.250. The number of carbonyl (C=O) groups excluding carboxylic acids is 1. The Morgan fingerprint density at radius 1 is 1.20 bits per heavy atom. The lowest BCUT2D eigenvalue weighted by molar-refractivity contribution is -0.910. The molecule has 0 bridgehead atoms. The molecule has 130 valence electrons. The maximum atomic E-state index is 13.3. The minimum absolute atomic E-state index is 0.123. The zero-order valence-electron chi connectivity index (χ0n) is 14.3. The van der Waals surface area contributed by atoms with Crippen molar-refractivity contribution in [3.63, 3.8) is 0 Å². The average Bonchev–Trinajstić information content (AvgIpc) is 2.90. The number of ether oxygens (including phenoxy) is 1. The van der Waals surface area contributed by atoms with Crippen molar-refractivity contribution in [2.45, 2.75) is 20.4 Å². The van der Waals surface area contributed by atoms with Gasteiger partial charge in [0.25, 0.3) is 0 Å². The first-order valence-electron chi connectivity index (χ1n) is 8.41. The number of benzene rings is 2. The van der Waals surface area contributed by atoms with Crippen LogP contribution in [0.5, 0.6) is 11.5 Å². The highest BCUT2D eigenvalue weighted by Gasteiger charge is 2.32. The molecule has 2 N–H and O–H groups in total. The van der Waals surface area contributed by atoms with E-state index >= 15 is 0 Å². The van der Waals surface area contributed by atoms with Crippen molar-refractivity contribution in [2.75, 3.05) is 13.1 Å². The Morgan fingerprint density at radius 2 is 1.96 bits per heavy atom. The number of Topliss-reactive ketones (excluding diaryl/α,β-unsaturated/α-hetero) is 1. The van der Waals surface area contributed by atoms with Crippen molar-refractivity contribution in [1.82, 2.24) is 0 Å². The molecule has 5 heteroatoms. The zero-order chi connectivity index (χ0) is 18.0. The third kappa shape index (κ3) is 3.42. The number of allylic oxidation sites excluding steroid dienone is 1. The molecule has 2 aromatic carbocycles. The van der Waals surface area contributed by atoms with Crippen molar-refractivity contribution < 1.29 is 23.9 Å². The van der Waals surface area contributed by atoms with Crippen LogP contribution in [0.4, 0.5) is 4.39 Å². The molecule has 0 amide bonds. The van der Waals surface area contributed by atoms with Crippen LogP contribution < -0.4 is 9.64 Å². The number of carbonyl (C=O) groups is 1. The van der Waals surface area contributed by atoms with Crippen molar-refractivity contribution in [1.29, 1.82) is 0 Å². The van der Waals surface area contributed by atoms with Crippen molar-refractivity contribution in [3.05, 3.63) is 64.7 Å². The number of hydrogen-bond acceptors (Lipinski definition) is 3. The third-order valence-electron chi connectivity index (χ3n) is 4.49. The summed E-state index contributed by atoms with van der Waals surface area (Å²) in [4.78, 5) is 13.9. The van der Waals surface area contributed by atoms with Crippen molar-refractivity contribution >= 4 is 11.9 Å². The number of aromatic hydroxyl groups is 1. The van der Waals surface area contributed by atoms with Gasteiger partial charge in [0.15, 0.2) is 11.5 Å². The van der Waals surface area contributed by atoms with Gasteiger partial charge in [-0.15, -0.1) is 0 Å². The van der Waals surface area contributed by atoms with Gasteiger partial charge in [0.05, 0.1) is 24.2 Å². The highest BCUT2D eigenvalue weighted by atomic mass is 19.1. The Balaban J connectivity index is 1.98. The van der Waals surface area contributed by atoms with E-state index in [2.05, 4.69) is 13.8 Å². The maximum Gasteiger partial charge on any atom is 0.231 e. The molecule has 0 atom stereocenters. The fourth-order valence-electron chi connectivity index (χ4n) is 2.97. The second-order valence-electron chi connectivity index (χ2n) is 6.07. The maximum absolute atomic E-state index is 13.3. The summed E-state index contributed by atoms with van der Waals surface area (Å²) in [5.41, 5.74) is 1.62. The largest absolute Gasteiger partial charge is 0.507 e. The standard InChI is InChI=1S/C20H20FNO3/c1-3-22(4-2)12-16-17(23)9-8-15-19(24)18(25-20(15)16)11-13-6-5-7-14(21)10-13/h5-11,23H,3-4,12H2,1-2H3/p+1. The topological polar surface area (TPSA) is 51.0 Å². The Kier molecular flexibility index (Phi) is 4.86. The molecule has 0 saturated heterocycles. The van der Waals surface area contributed by atoms with Gasteiger partial charge < -0.3 is 14.7 Å². The quantitative estimate of drug-likeness (QED) is 0.821. The van der Waals surface area contributed by atoms with Gasteiger partial charge in [-0.3, -0.25) is 4.79 Å². The molecule has 1 aliphatic rings. The molecule has 0 unspecified atom stereocenters. The van der Waals surface area contributed by atoms with Crippen LogP contribution in [-0.4, -0.2) is 24.0 Å². The lowest BCUT2D eigenvalue weighted by atomic mass is 10.0. The number of rotatable bonds is 5. The van der Waals surface area contributed by atoms with Gasteiger partial charge in [0.1, 0.15) is 18.1 Å². The summed E-state index contributed by atoms with van der Waals surface area (Å²) >= 11 is 0. The van der Waals surface area contributed by atoms with E-state index in [0.29, 0.717) is 29.0 Å². The molecular formula is C20H21FNO3+. The Morgan fingerprint density at radius 3 is 2.64 bits per heavy atom. The number of hydrogen-bond donors (Lipinski definition) is 2. The first-order chi connectivity index (χ1) is 12.0. The van der Waals surface area contributed by atoms with Crippen LogP contribution >= 0.6 is 0 Å². The summed E-state index contributed by atoms with van der Waals surface area (Å²) in [6.45, 7) is 6.52. The predicted molar refractivity (Wildman–Crippen MR) is 93.2 cm³/mol. The van der Waals surface area contributed by atoms with E-state index < -0.39 is 0 Å². The van der Waals surface area contributed by atoms with Gasteiger partial charge >= 0.3 is 0 Å². The van der Waals surface area contributed by atoms with E-state index in [1.54, 1.807) is 18.2 Å². The van der Waals surface area contributed by atoms with Crippen LogP contribution in [0, 0.1) is 5.82 Å². The van der Waals surface area contributed by atoms with Gasteiger partial charge in [-0.05, 0) is 49.8 Å². The first kappa shape index (κ1) is 17.2. The lowest BCUT2D eigenvalue weighted by Gasteiger charge is -2.17. The molecule has 4 nitrogen and oxygen atoms in total. The SMILES string of the molecule is CC[NH+](CC)Cc1c(O)ccc2c1OC(=Cc1cccc(F)c1)C2=O. The second kappa shape index (κ2) is 7.07. The van der Waals surface area contributed by atoms with Gasteiger partial charge in [-0.1, -0.05) is 12.1 Å². The summed E-state index contributed by atoms with van der Waals surface area (Å²) in [5, 5.41) is 10.2. The van der Waals surface area contributed by atoms with Crippen molar-refractivity contribution in [2.24, 2.45) is 0 Å². The van der Waals surface area contributed by atoms with E-state index in [4.69, 9.17) is 4.74 Å². The van der Waals surface area contributed by atoms with Crippen LogP contribution in [0.2, 0.25) is 0 Å². The molecule has 0 aromatic heterocycles. The molecule has 0 saturated carbocycles. The number of halogens is 1. The summed E-state index contributed by atoms with van der Waals surface area (Å²) in [5.74, 6) is 0.0443. The second-order valence-corrected chi connectivity index (χ2v) is 6.07. The number of quaternary nitrogens is 1. The van der Waals surface area contributed by atoms with Crippen LogP contribution in [0.3, 0.4) is 0 Å². The molecule has 0 radical (unpaired) electrons. The van der Waals surface area contributed by atoms with Gasteiger partial charge in [-0.2, -0.15) is 0 Å². The number of nitrogens with one attached hydrogen (secondary N) is 1. The molecule has 25 heavy (non-hydrogen) atoms. The van der Waals surface area contributed by atoms with E-state index in [0.717, 1.165) is 13.1 Å². The highest BCUT2D eigenvalue weighted by Crippen LogP contribution is 2.39. The van der Waals surface area contributed by atoms with E-state index in [9.17, 15) is 14.3 Å². The first-order valence-corrected chi connectivity index (χ1v) is 8.41. The molecule has 0 fully saturated rings. The third-order valence-corrected chi connectivity index (χ3v) is 4.49. The molecular weight excluding hydrogens is 321 g/mol. The van der Waals surface area contributed by atoms with Gasteiger partial charge in [-0.25, -0.2) is 4.39 Å². The smallest absolute Gasteiger partial charge is 0.231 e. The van der Waals surface area contributed by atoms with Crippen molar-refractivity contribution in [3.8, 4) is 11.5 Å². The van der Waals surface area contributed by atoms with E-state index in [1.165, 1.54) is 29.2 Å². The Labute approximate surface area is 146 Å². The molecule has 2 aromatic rings. The molecule has 1 aliphatic heterocycles. The number of phenolic OH excluding ortho intramolecular Hbond substituents is 1. The zero-order valence-corrected chi connectivity index (χ0v) is 14.3. The minimum Gasteiger partial charge on any atom is -0.507 e. The Bertz CT molecular complexity index is 841. The number of ketones is 1. The summed E-state index contributed by atoms with van der Waals surface area (Å²) in [6.07, 6.45) is 1.52. The Hall–Kier alpha value is -2.66. The van der Waals surface area contributed by atoms with Crippen LogP contribution in [0.15, 0.2) is 42.2 Å². The van der Waals surface area contributed by atoms with Crippen LogP contribution in [0.25, 0.3) is 6.08 Å². The molecule has 0 aliphatic carbocycles. The average molecular weight is 342 g/mol. The lowest BCUT2D eigenvalue weighted by Crippen LogP contribution is -3.10. The normalized spacial score (nSPS) is 14.9. The fourth-order valence-corrected chi connectivity index (χ4v) is 2.97. The minimum atomic E-state index is -0.374. The number of fused-ring (bicyclic) bond motifs is 1. The van der Waals surface area contributed by atoms with Crippen LogP contribution in [0.1, 0.15) is 35.3 Å². The monoisotopic (exact) mass is 342 g/mol. The van der Waals surface area contributed by atoms with Crippen LogP contribution in [-0.2, 0) is 6.54 Å². The van der Waals surface area contributed by atoms with E-state index in [-0.39, 0.29) is 23.1 Å². The predicted octanol–water partition coefficient (Wildman–Crippen LogP) is 2.57. The molecule has 1 heterocycles.